The first-order chi connectivity index (χ1) is 38.9. The summed E-state index contributed by atoms with van der Waals surface area (Å²) in [5, 5.41) is 72.9. The minimum absolute atomic E-state index is 0. The Labute approximate surface area is 540 Å². The fourth-order valence-electron chi connectivity index (χ4n) is 6.69. The Kier molecular flexibility index (Phi) is 83.4. The van der Waals surface area contributed by atoms with Gasteiger partial charge in [0.1, 0.15) is 30.8 Å². The number of aliphatic hydroxyl groups is 1. The molecule has 1 unspecified atom stereocenters. The second-order valence-electron chi connectivity index (χ2n) is 17.0. The molecule has 0 aliphatic carbocycles. The van der Waals surface area contributed by atoms with Crippen LogP contribution in [-0.2, 0) is 52.7 Å². The van der Waals surface area contributed by atoms with Crippen molar-refractivity contribution in [1.29, 1.82) is 1.12 Å². The van der Waals surface area contributed by atoms with E-state index in [1.807, 2.05) is 21.2 Å². The lowest BCUT2D eigenvalue weighted by Gasteiger charge is -2.17. The molecule has 0 aromatic heterocycles. The maximum atomic E-state index is 12.7. The van der Waals surface area contributed by atoms with Crippen LogP contribution in [0, 0.1) is 11.8 Å². The van der Waals surface area contributed by atoms with Crippen molar-refractivity contribution >= 4 is 180 Å². The molecule has 6 atom stereocenters. The Bertz CT molecular complexity index is 1720. The summed E-state index contributed by atoms with van der Waals surface area (Å²) in [4.78, 5) is 131. The molecule has 83 heavy (non-hydrogen) atoms. The normalized spacial score (nSPS) is 11.8. The average Bonchev–Trinajstić information content (AvgIpc) is 3.44. The van der Waals surface area contributed by atoms with E-state index in [-0.39, 0.29) is 63.6 Å². The molecule has 11 N–H and O–H groups in total. The van der Waals surface area contributed by atoms with Gasteiger partial charge in [0.25, 0.3) is 0 Å². The second-order valence-corrected chi connectivity index (χ2v) is 29.1. The van der Waals surface area contributed by atoms with E-state index in [1.165, 1.54) is 7.97 Å². The maximum Gasteiger partial charge on any atom is 0.326 e. The minimum Gasteiger partial charge on any atom is -0.481 e. The highest BCUT2D eigenvalue weighted by atomic mass is 127. The van der Waals surface area contributed by atoms with Crippen LogP contribution < -0.4 is 21.0 Å². The van der Waals surface area contributed by atoms with Crippen molar-refractivity contribution in [1.82, 2.24) is 21.0 Å². The third-order valence-corrected chi connectivity index (χ3v) is 15.5. The van der Waals surface area contributed by atoms with Gasteiger partial charge in [-0.1, -0.05) is 133 Å². The van der Waals surface area contributed by atoms with E-state index in [9.17, 15) is 73.2 Å². The number of carbonyl (C=O) groups is 11. The Morgan fingerprint density at radius 2 is 0.783 bits per heavy atom. The predicted octanol–water partition coefficient (Wildman–Crippen LogP) is 10.6. The summed E-state index contributed by atoms with van der Waals surface area (Å²) >= 11 is 3.05. The van der Waals surface area contributed by atoms with Gasteiger partial charge >= 0.3 is 35.8 Å². The molecule has 0 fully saturated rings. The third kappa shape index (κ3) is 72.8. The molecule has 0 aliphatic rings. The number of Topliss-reactive ketones (excluding diaryl/α,β-unsaturated/α-hetero) is 2. The minimum atomic E-state index is -1.58. The van der Waals surface area contributed by atoms with E-state index in [0.717, 1.165) is 70.0 Å². The molecule has 0 radical (unpaired) electrons. The molecule has 0 saturated heterocycles. The number of hydrogen-bond acceptors (Lipinski definition) is 21. The van der Waals surface area contributed by atoms with E-state index in [0.29, 0.717) is 32.1 Å². The summed E-state index contributed by atoms with van der Waals surface area (Å²) in [6.07, 6.45) is 19.0. The van der Waals surface area contributed by atoms with Crippen molar-refractivity contribution in [3.8, 4) is 0 Å². The molecule has 0 bridgehead atoms. The zero-order valence-corrected chi connectivity index (χ0v) is 57.9. The lowest BCUT2D eigenvalue weighted by molar-refractivity contribution is -0.145. The summed E-state index contributed by atoms with van der Waals surface area (Å²) < 4.78 is 6.32. The summed E-state index contributed by atoms with van der Waals surface area (Å²) in [6, 6.07) is -3.71. The van der Waals surface area contributed by atoms with Gasteiger partial charge in [0.05, 0.1) is 11.8 Å². The standard InChI is InChI=1S/C42H69N4O17P.3C2H6S2.CH4O.CH4.FH.HIS2/c47-29(25-27(38(54)55)16-22-34(49)43-24-12-11-13-33(46-64)42(62)63)19-21-32(41(60)61)45-36(51)23-17-28(39(56)57)26-30(48)18-20-31(40(58)59)44-35(50)14-9-7-5-3-1-2-4-6-8-10-15-37(52)53;3*1-3-4-2;1-2;;;1-3-2/h27-28,31-33,46H,1-26,64H2,(H,43,49)(H,44,50)(H,45,51)(H,52,53)(H,54,55)(H,56,57)(H,58,59)(H,60,61)(H,62,63);3*1-2H3;2H,1H3;1H4;1H;2H/t27-,28-,31+,32+,33+;;;;;;;/m1......./s1/i/hT. The van der Waals surface area contributed by atoms with Crippen LogP contribution in [0.4, 0.5) is 4.70 Å². The van der Waals surface area contributed by atoms with Crippen LogP contribution >= 0.6 is 115 Å². The van der Waals surface area contributed by atoms with E-state index >= 15 is 0 Å². The van der Waals surface area contributed by atoms with E-state index in [4.69, 9.17) is 16.4 Å². The van der Waals surface area contributed by atoms with Gasteiger partial charge in [0.15, 0.2) is 0 Å². The number of hydrogen-bond donors (Lipinski definition) is 12. The van der Waals surface area contributed by atoms with Gasteiger partial charge in [0, 0.05) is 86.2 Å². The van der Waals surface area contributed by atoms with Gasteiger partial charge in [-0.15, -0.1) is 11.6 Å². The number of aliphatic carboxylic acids is 6. The van der Waals surface area contributed by atoms with Gasteiger partial charge in [-0.25, -0.2) is 9.59 Å². The van der Waals surface area contributed by atoms with Crippen LogP contribution in [0.15, 0.2) is 0 Å². The fraction of sp³-hybridized carbons (Fsp3) is 0.780. The van der Waals surface area contributed by atoms with Crippen molar-refractivity contribution in [3.63, 3.8) is 0 Å². The third-order valence-electron chi connectivity index (χ3n) is 11.1. The second kappa shape index (κ2) is 72.9. The van der Waals surface area contributed by atoms with Crippen molar-refractivity contribution in [2.24, 2.45) is 11.8 Å². The van der Waals surface area contributed by atoms with Gasteiger partial charge in [-0.3, -0.25) is 52.9 Å². The monoisotopic (exact) mass is 1480 g/mol. The van der Waals surface area contributed by atoms with E-state index < -0.39 is 127 Å². The van der Waals surface area contributed by atoms with Crippen LogP contribution in [0.25, 0.3) is 0 Å². The number of thiol groups is 1. The van der Waals surface area contributed by atoms with Crippen molar-refractivity contribution in [2.45, 2.75) is 186 Å². The molecular weight excluding hydrogens is 1380 g/mol. The molecule has 0 spiro atoms. The summed E-state index contributed by atoms with van der Waals surface area (Å²) in [5.74, 6) is -13.1. The van der Waals surface area contributed by atoms with Crippen LogP contribution in [0.3, 0.4) is 0 Å². The SMILES string of the molecule is C.CO.CSSC.CSSC.CSSC.F.O=C(O)CCCCCCCCCCCCC(=O)N[C@@H](CCC(=O)C[C@@H](CCC(=O)N[C@@H](CCC(=O)C[C@@H](CCC(=O)NCCCC[C@H](NP)C(=O)O)C(=O)O)C(=O)O)C(=O)O)C(=O)O.[3H]SSI. The van der Waals surface area contributed by atoms with Crippen LogP contribution in [0.2, 0.25) is 0 Å². The molecular formula is C50H97FIN4O18PS8. The summed E-state index contributed by atoms with van der Waals surface area (Å²) in [7, 11) is 15.2. The topological polar surface area (TPSA) is 378 Å². The number of amides is 3. The van der Waals surface area contributed by atoms with Crippen molar-refractivity contribution in [3.05, 3.63) is 0 Å². The number of carboxylic acid groups (broad SMARTS) is 6. The zero-order valence-electron chi connectivity index (χ0n) is 49.0. The first-order valence-corrected chi connectivity index (χ1v) is 39.5. The number of unbranched alkanes of at least 4 members (excludes halogenated alkanes) is 10. The van der Waals surface area contributed by atoms with Gasteiger partial charge in [-0.2, -0.15) is 0 Å². The van der Waals surface area contributed by atoms with Crippen molar-refractivity contribution in [2.75, 3.05) is 51.2 Å². The Morgan fingerprint density at radius 3 is 1.08 bits per heavy atom. The molecule has 0 aliphatic heterocycles. The maximum absolute atomic E-state index is 12.7. The number of nitrogens with one attached hydrogen (secondary N) is 4. The average molecular weight is 1480 g/mol. The molecule has 22 nitrogen and oxygen atoms in total. The molecule has 0 aromatic rings. The quantitative estimate of drug-likeness (QED) is 0.00885. The molecule has 0 rings (SSSR count). The highest BCUT2D eigenvalue weighted by Crippen LogP contribution is 2.19. The highest BCUT2D eigenvalue weighted by molar-refractivity contribution is 14.2. The number of halogens is 2. The number of ketones is 2. The zero-order chi connectivity index (χ0) is 64.1. The van der Waals surface area contributed by atoms with Crippen LogP contribution in [-0.4, -0.2) is 171 Å². The highest BCUT2D eigenvalue weighted by Gasteiger charge is 2.28. The Morgan fingerprint density at radius 1 is 0.458 bits per heavy atom. The molecule has 3 amide bonds. The molecule has 492 valence electrons. The molecule has 33 heteroatoms. The van der Waals surface area contributed by atoms with E-state index in [2.05, 4.69) is 68.0 Å². The Balaban J connectivity index is -0.000000420. The smallest absolute Gasteiger partial charge is 0.326 e. The molecule has 0 saturated carbocycles. The van der Waals surface area contributed by atoms with Gasteiger partial charge in [-0.05, 0) is 103 Å². The molecule has 0 heterocycles. The first kappa shape index (κ1) is 95.0. The number of aliphatic hydroxyl groups excluding tert-OH is 1. The largest absolute Gasteiger partial charge is 0.481 e. The fourth-order valence-corrected chi connectivity index (χ4v) is 7.00. The first-order valence-electron chi connectivity index (χ1n) is 26.1. The predicted molar refractivity (Wildman–Crippen MR) is 361 cm³/mol. The molecule has 0 aromatic carbocycles. The number of rotatable bonds is 46. The van der Waals surface area contributed by atoms with Gasteiger partial charge in [0.2, 0.25) is 17.7 Å². The Hall–Kier alpha value is -1.62. The summed E-state index contributed by atoms with van der Waals surface area (Å²) in [5.41, 5.74) is 0. The lowest BCUT2D eigenvalue weighted by Crippen LogP contribution is -2.41. The van der Waals surface area contributed by atoms with E-state index in [1.54, 1.807) is 64.8 Å². The van der Waals surface area contributed by atoms with Crippen molar-refractivity contribution < 1.29 is 93.2 Å². The van der Waals surface area contributed by atoms with Crippen LogP contribution in [0.5, 0.6) is 0 Å². The number of carbonyl (C=O) groups excluding carboxylic acids is 5. The van der Waals surface area contributed by atoms with Crippen LogP contribution in [0.1, 0.15) is 168 Å². The summed E-state index contributed by atoms with van der Waals surface area (Å²) in [6.45, 7) is 0.236. The van der Waals surface area contributed by atoms with Gasteiger partial charge < -0.3 is 51.7 Å². The lowest BCUT2D eigenvalue weighted by atomic mass is 9.93. The number of carboxylic acids is 6.